The second-order valence-electron chi connectivity index (χ2n) is 5.42. The molecule has 21 heavy (non-hydrogen) atoms. The fraction of sp³-hybridized carbons (Fsp3) is 0.533. The van der Waals surface area contributed by atoms with Gasteiger partial charge in [-0.1, -0.05) is 25.1 Å². The van der Waals surface area contributed by atoms with Gasteiger partial charge in [-0.05, 0) is 25.8 Å². The summed E-state index contributed by atoms with van der Waals surface area (Å²) in [6.07, 6.45) is 1.01. The lowest BCUT2D eigenvalue weighted by atomic mass is 9.85. The van der Waals surface area contributed by atoms with E-state index in [9.17, 15) is 13.2 Å². The van der Waals surface area contributed by atoms with Crippen LogP contribution in [0.2, 0.25) is 0 Å². The minimum atomic E-state index is -3.35. The maximum absolute atomic E-state index is 12.4. The predicted octanol–water partition coefficient (Wildman–Crippen LogP) is 1.62. The first-order chi connectivity index (χ1) is 9.87. The standard InChI is InChI=1S/C15H21NO4S/c1-4-11(2)16-15(14(17)20-3)9-10-21(18,19)13-8-6-5-7-12(13)15/h5-8,11,16H,4,9-10H2,1-3H3. The van der Waals surface area contributed by atoms with Gasteiger partial charge in [0.2, 0.25) is 0 Å². The van der Waals surface area contributed by atoms with Crippen molar-refractivity contribution in [1.29, 1.82) is 0 Å². The summed E-state index contributed by atoms with van der Waals surface area (Å²) in [5.41, 5.74) is -0.602. The Balaban J connectivity index is 2.64. The summed E-state index contributed by atoms with van der Waals surface area (Å²) in [5.74, 6) is -0.507. The van der Waals surface area contributed by atoms with Gasteiger partial charge in [-0.2, -0.15) is 0 Å². The normalized spacial score (nSPS) is 24.9. The van der Waals surface area contributed by atoms with Gasteiger partial charge in [0.15, 0.2) is 9.84 Å². The molecule has 0 aliphatic carbocycles. The Kier molecular flexibility index (Phi) is 4.39. The molecule has 2 atom stereocenters. The molecule has 0 saturated carbocycles. The number of carbonyl (C=O) groups is 1. The van der Waals surface area contributed by atoms with Crippen LogP contribution in [0.4, 0.5) is 0 Å². The van der Waals surface area contributed by atoms with Gasteiger partial charge in [0.25, 0.3) is 0 Å². The third kappa shape index (κ3) is 2.70. The number of methoxy groups -OCH3 is 1. The molecule has 0 bridgehead atoms. The fourth-order valence-electron chi connectivity index (χ4n) is 2.74. The number of benzene rings is 1. The third-order valence-electron chi connectivity index (χ3n) is 4.07. The predicted molar refractivity (Wildman–Crippen MR) is 79.7 cm³/mol. The topological polar surface area (TPSA) is 72.5 Å². The van der Waals surface area contributed by atoms with Crippen LogP contribution in [0.3, 0.4) is 0 Å². The van der Waals surface area contributed by atoms with Crippen molar-refractivity contribution in [2.24, 2.45) is 0 Å². The first kappa shape index (κ1) is 16.0. The molecule has 1 heterocycles. The van der Waals surface area contributed by atoms with Crippen molar-refractivity contribution in [3.63, 3.8) is 0 Å². The van der Waals surface area contributed by atoms with Gasteiger partial charge in [0.05, 0.1) is 17.8 Å². The van der Waals surface area contributed by atoms with Crippen molar-refractivity contribution < 1.29 is 17.9 Å². The molecule has 0 spiro atoms. The van der Waals surface area contributed by atoms with Crippen LogP contribution in [0.15, 0.2) is 29.2 Å². The number of rotatable bonds is 4. The van der Waals surface area contributed by atoms with E-state index in [0.29, 0.717) is 5.56 Å². The third-order valence-corrected chi connectivity index (χ3v) is 5.83. The quantitative estimate of drug-likeness (QED) is 0.856. The molecule has 6 heteroatoms. The Morgan fingerprint density at radius 1 is 1.43 bits per heavy atom. The molecule has 0 aromatic heterocycles. The molecule has 2 rings (SSSR count). The van der Waals surface area contributed by atoms with Crippen LogP contribution < -0.4 is 5.32 Å². The largest absolute Gasteiger partial charge is 0.467 e. The van der Waals surface area contributed by atoms with Crippen LogP contribution in [0.5, 0.6) is 0 Å². The summed E-state index contributed by atoms with van der Waals surface area (Å²) in [6.45, 7) is 3.98. The number of ether oxygens (including phenoxy) is 1. The molecule has 2 unspecified atom stereocenters. The minimum absolute atomic E-state index is 0.0669. The number of sulfone groups is 1. The van der Waals surface area contributed by atoms with E-state index >= 15 is 0 Å². The van der Waals surface area contributed by atoms with E-state index in [2.05, 4.69) is 5.32 Å². The minimum Gasteiger partial charge on any atom is -0.467 e. The molecule has 1 aromatic carbocycles. The van der Waals surface area contributed by atoms with Crippen molar-refractivity contribution in [3.05, 3.63) is 29.8 Å². The lowest BCUT2D eigenvalue weighted by molar-refractivity contribution is -0.150. The van der Waals surface area contributed by atoms with Crippen molar-refractivity contribution in [2.45, 2.75) is 43.2 Å². The fourth-order valence-corrected chi connectivity index (χ4v) is 4.40. The lowest BCUT2D eigenvalue weighted by Gasteiger charge is -2.38. The van der Waals surface area contributed by atoms with Crippen molar-refractivity contribution in [1.82, 2.24) is 5.32 Å². The van der Waals surface area contributed by atoms with E-state index in [1.165, 1.54) is 7.11 Å². The Labute approximate surface area is 125 Å². The van der Waals surface area contributed by atoms with Gasteiger partial charge in [-0.25, -0.2) is 13.2 Å². The average molecular weight is 311 g/mol. The Morgan fingerprint density at radius 3 is 2.71 bits per heavy atom. The van der Waals surface area contributed by atoms with E-state index in [0.717, 1.165) is 6.42 Å². The maximum atomic E-state index is 12.4. The molecule has 0 fully saturated rings. The molecule has 0 amide bonds. The Hall–Kier alpha value is -1.40. The van der Waals surface area contributed by atoms with Crippen molar-refractivity contribution >= 4 is 15.8 Å². The second-order valence-corrected chi connectivity index (χ2v) is 7.49. The number of esters is 1. The number of hydrogen-bond acceptors (Lipinski definition) is 5. The highest BCUT2D eigenvalue weighted by atomic mass is 32.2. The zero-order valence-corrected chi connectivity index (χ0v) is 13.4. The maximum Gasteiger partial charge on any atom is 0.330 e. The highest BCUT2D eigenvalue weighted by Crippen LogP contribution is 2.38. The first-order valence-electron chi connectivity index (χ1n) is 7.05. The van der Waals surface area contributed by atoms with Gasteiger partial charge in [-0.15, -0.1) is 0 Å². The van der Waals surface area contributed by atoms with Gasteiger partial charge < -0.3 is 4.74 Å². The summed E-state index contributed by atoms with van der Waals surface area (Å²) < 4.78 is 29.5. The average Bonchev–Trinajstić information content (AvgIpc) is 2.49. The van der Waals surface area contributed by atoms with Crippen LogP contribution in [-0.2, 0) is 24.9 Å². The van der Waals surface area contributed by atoms with Crippen LogP contribution >= 0.6 is 0 Å². The lowest BCUT2D eigenvalue weighted by Crippen LogP contribution is -2.56. The van der Waals surface area contributed by atoms with Crippen LogP contribution in [-0.4, -0.2) is 33.3 Å². The summed E-state index contributed by atoms with van der Waals surface area (Å²) in [5, 5.41) is 3.29. The molecule has 0 saturated heterocycles. The Bertz CT molecular complexity index is 641. The van der Waals surface area contributed by atoms with Crippen molar-refractivity contribution in [3.8, 4) is 0 Å². The van der Waals surface area contributed by atoms with E-state index in [-0.39, 0.29) is 23.1 Å². The first-order valence-corrected chi connectivity index (χ1v) is 8.71. The van der Waals surface area contributed by atoms with Gasteiger partial charge in [-0.3, -0.25) is 5.32 Å². The molecular formula is C15H21NO4S. The van der Waals surface area contributed by atoms with Gasteiger partial charge in [0.1, 0.15) is 5.54 Å². The smallest absolute Gasteiger partial charge is 0.330 e. The van der Waals surface area contributed by atoms with Gasteiger partial charge >= 0.3 is 5.97 Å². The highest BCUT2D eigenvalue weighted by molar-refractivity contribution is 7.91. The molecule has 116 valence electrons. The summed E-state index contributed by atoms with van der Waals surface area (Å²) >= 11 is 0. The molecule has 0 radical (unpaired) electrons. The van der Waals surface area contributed by atoms with Crippen LogP contribution in [0.25, 0.3) is 0 Å². The second kappa shape index (κ2) is 5.77. The van der Waals surface area contributed by atoms with E-state index < -0.39 is 21.3 Å². The zero-order valence-electron chi connectivity index (χ0n) is 12.5. The highest BCUT2D eigenvalue weighted by Gasteiger charge is 2.48. The van der Waals surface area contributed by atoms with Crippen LogP contribution in [0.1, 0.15) is 32.3 Å². The van der Waals surface area contributed by atoms with Gasteiger partial charge in [0, 0.05) is 11.6 Å². The number of fused-ring (bicyclic) bond motifs is 1. The molecule has 1 aliphatic heterocycles. The molecule has 5 nitrogen and oxygen atoms in total. The molecule has 1 N–H and O–H groups in total. The van der Waals surface area contributed by atoms with Crippen LogP contribution in [0, 0.1) is 0 Å². The molecular weight excluding hydrogens is 290 g/mol. The molecule has 1 aliphatic rings. The zero-order chi connectivity index (χ0) is 15.7. The summed E-state index contributed by atoms with van der Waals surface area (Å²) in [6, 6.07) is 6.74. The van der Waals surface area contributed by atoms with Crippen molar-refractivity contribution in [2.75, 3.05) is 12.9 Å². The molecule has 1 aromatic rings. The summed E-state index contributed by atoms with van der Waals surface area (Å²) in [7, 11) is -2.02. The number of nitrogens with one attached hydrogen (secondary N) is 1. The number of carbonyl (C=O) groups excluding carboxylic acids is 1. The Morgan fingerprint density at radius 2 is 2.10 bits per heavy atom. The van der Waals surface area contributed by atoms with E-state index in [1.807, 2.05) is 13.8 Å². The SMILES string of the molecule is CCC(C)NC1(C(=O)OC)CCS(=O)(=O)c2ccccc21. The summed E-state index contributed by atoms with van der Waals surface area (Å²) in [4.78, 5) is 12.7. The van der Waals surface area contributed by atoms with E-state index in [4.69, 9.17) is 4.74 Å². The monoisotopic (exact) mass is 311 g/mol. The van der Waals surface area contributed by atoms with E-state index in [1.54, 1.807) is 24.3 Å². The number of hydrogen-bond donors (Lipinski definition) is 1.